The molecule has 0 bridgehead atoms. The molecule has 20 heavy (non-hydrogen) atoms. The first-order valence-electron chi connectivity index (χ1n) is 6.22. The smallest absolute Gasteiger partial charge is 0.128 e. The molecule has 0 aliphatic carbocycles. The average Bonchev–Trinajstić information content (AvgIpc) is 2.49. The van der Waals surface area contributed by atoms with Crippen molar-refractivity contribution < 1.29 is 4.74 Å². The van der Waals surface area contributed by atoms with Gasteiger partial charge in [-0.2, -0.15) is 5.26 Å². The summed E-state index contributed by atoms with van der Waals surface area (Å²) < 4.78 is 5.78. The molecule has 96 valence electrons. The van der Waals surface area contributed by atoms with Crippen molar-refractivity contribution in [2.24, 2.45) is 0 Å². The number of nitrogens with zero attached hydrogens (tertiary/aromatic N) is 1. The number of ether oxygens (including phenoxy) is 1. The lowest BCUT2D eigenvalue weighted by molar-refractivity contribution is 0.483. The molecule has 2 N–H and O–H groups in total. The van der Waals surface area contributed by atoms with E-state index < -0.39 is 0 Å². The summed E-state index contributed by atoms with van der Waals surface area (Å²) in [5.74, 6) is 1.34. The van der Waals surface area contributed by atoms with Crippen LogP contribution in [0.5, 0.6) is 11.5 Å². The predicted molar refractivity (Wildman–Crippen MR) is 79.6 cm³/mol. The fourth-order valence-corrected chi connectivity index (χ4v) is 2.06. The van der Waals surface area contributed by atoms with Crippen LogP contribution in [-0.4, -0.2) is 0 Å². The van der Waals surface area contributed by atoms with Gasteiger partial charge in [-0.25, -0.2) is 0 Å². The highest BCUT2D eigenvalue weighted by Crippen LogP contribution is 2.27. The van der Waals surface area contributed by atoms with Crippen molar-refractivity contribution >= 4 is 16.5 Å². The van der Waals surface area contributed by atoms with Crippen LogP contribution >= 0.6 is 0 Å². The van der Waals surface area contributed by atoms with Crippen LogP contribution in [0.15, 0.2) is 60.7 Å². The van der Waals surface area contributed by atoms with Crippen LogP contribution < -0.4 is 10.5 Å². The first-order valence-corrected chi connectivity index (χ1v) is 6.22. The maximum absolute atomic E-state index is 8.96. The average molecular weight is 260 g/mol. The van der Waals surface area contributed by atoms with E-state index in [4.69, 9.17) is 15.7 Å². The van der Waals surface area contributed by atoms with Crippen molar-refractivity contribution in [3.8, 4) is 17.6 Å². The quantitative estimate of drug-likeness (QED) is 0.706. The van der Waals surface area contributed by atoms with Crippen LogP contribution in [0.1, 0.15) is 5.56 Å². The fourth-order valence-electron chi connectivity index (χ4n) is 2.06. The molecular weight excluding hydrogens is 248 g/mol. The number of fused-ring (bicyclic) bond motifs is 1. The molecule has 0 unspecified atom stereocenters. The van der Waals surface area contributed by atoms with Crippen LogP contribution in [0.3, 0.4) is 0 Å². The van der Waals surface area contributed by atoms with Gasteiger partial charge in [0.05, 0.1) is 5.56 Å². The zero-order valence-electron chi connectivity index (χ0n) is 10.7. The zero-order valence-corrected chi connectivity index (χ0v) is 10.7. The molecule has 3 nitrogen and oxygen atoms in total. The van der Waals surface area contributed by atoms with Gasteiger partial charge in [0.2, 0.25) is 0 Å². The molecule has 0 radical (unpaired) electrons. The highest BCUT2D eigenvalue weighted by atomic mass is 16.5. The predicted octanol–water partition coefficient (Wildman–Crippen LogP) is 4.09. The summed E-state index contributed by atoms with van der Waals surface area (Å²) in [7, 11) is 0. The molecule has 3 rings (SSSR count). The minimum atomic E-state index is 0.420. The van der Waals surface area contributed by atoms with Crippen LogP contribution in [0.2, 0.25) is 0 Å². The second kappa shape index (κ2) is 4.94. The van der Waals surface area contributed by atoms with E-state index in [9.17, 15) is 0 Å². The lowest BCUT2D eigenvalue weighted by Gasteiger charge is -2.08. The normalized spacial score (nSPS) is 10.2. The molecule has 0 fully saturated rings. The van der Waals surface area contributed by atoms with E-state index >= 15 is 0 Å². The summed E-state index contributed by atoms with van der Waals surface area (Å²) in [5, 5.41) is 11.2. The first-order chi connectivity index (χ1) is 9.76. The van der Waals surface area contributed by atoms with Gasteiger partial charge in [-0.15, -0.1) is 0 Å². The van der Waals surface area contributed by atoms with Gasteiger partial charge in [0.15, 0.2) is 0 Å². The lowest BCUT2D eigenvalue weighted by Crippen LogP contribution is -1.91. The van der Waals surface area contributed by atoms with Crippen molar-refractivity contribution in [3.63, 3.8) is 0 Å². The first kappa shape index (κ1) is 12.1. The molecule has 0 spiro atoms. The van der Waals surface area contributed by atoms with Crippen molar-refractivity contribution in [2.75, 3.05) is 5.73 Å². The molecule has 0 amide bonds. The summed E-state index contributed by atoms with van der Waals surface area (Å²) >= 11 is 0. The van der Waals surface area contributed by atoms with Gasteiger partial charge < -0.3 is 10.5 Å². The Morgan fingerprint density at radius 1 is 0.850 bits per heavy atom. The Labute approximate surface area is 116 Å². The number of anilines is 1. The molecule has 0 aliphatic rings. The second-order valence-corrected chi connectivity index (χ2v) is 4.47. The van der Waals surface area contributed by atoms with Gasteiger partial charge in [0.1, 0.15) is 17.6 Å². The van der Waals surface area contributed by atoms with Gasteiger partial charge in [-0.05, 0) is 35.0 Å². The van der Waals surface area contributed by atoms with Crippen LogP contribution in [-0.2, 0) is 0 Å². The molecule has 0 aromatic heterocycles. The third-order valence-corrected chi connectivity index (χ3v) is 3.10. The Hall–Kier alpha value is -2.99. The van der Waals surface area contributed by atoms with Gasteiger partial charge in [0, 0.05) is 11.8 Å². The third kappa shape index (κ3) is 2.27. The summed E-state index contributed by atoms with van der Waals surface area (Å²) in [6.07, 6.45) is 0. The SMILES string of the molecule is N#Cc1cc(Oc2ccc3ccccc3c2)ccc1N. The van der Waals surface area contributed by atoms with Crippen LogP contribution in [0.4, 0.5) is 5.69 Å². The van der Waals surface area contributed by atoms with Crippen LogP contribution in [0.25, 0.3) is 10.8 Å². The van der Waals surface area contributed by atoms with E-state index in [1.54, 1.807) is 18.2 Å². The number of nitrogen functional groups attached to an aromatic ring is 1. The zero-order chi connectivity index (χ0) is 13.9. The Morgan fingerprint density at radius 2 is 1.55 bits per heavy atom. The molecule has 0 atom stereocenters. The number of hydrogen-bond acceptors (Lipinski definition) is 3. The van der Waals surface area contributed by atoms with E-state index in [0.29, 0.717) is 17.0 Å². The largest absolute Gasteiger partial charge is 0.457 e. The Balaban J connectivity index is 1.95. The van der Waals surface area contributed by atoms with Crippen molar-refractivity contribution in [1.29, 1.82) is 5.26 Å². The highest BCUT2D eigenvalue weighted by Gasteiger charge is 2.03. The molecular formula is C17H12N2O. The van der Waals surface area contributed by atoms with Gasteiger partial charge in [-0.3, -0.25) is 0 Å². The molecule has 0 saturated carbocycles. The summed E-state index contributed by atoms with van der Waals surface area (Å²) in [4.78, 5) is 0. The fraction of sp³-hybridized carbons (Fsp3) is 0. The van der Waals surface area contributed by atoms with E-state index in [2.05, 4.69) is 6.07 Å². The lowest BCUT2D eigenvalue weighted by atomic mass is 10.1. The van der Waals surface area contributed by atoms with Gasteiger partial charge in [0.25, 0.3) is 0 Å². The van der Waals surface area contributed by atoms with Crippen molar-refractivity contribution in [1.82, 2.24) is 0 Å². The molecule has 3 aromatic rings. The van der Waals surface area contributed by atoms with Crippen molar-refractivity contribution in [3.05, 3.63) is 66.2 Å². The minimum Gasteiger partial charge on any atom is -0.457 e. The molecule has 0 heterocycles. The Morgan fingerprint density at radius 3 is 2.35 bits per heavy atom. The molecule has 0 saturated heterocycles. The van der Waals surface area contributed by atoms with E-state index in [0.717, 1.165) is 16.5 Å². The topological polar surface area (TPSA) is 59.0 Å². The Bertz CT molecular complexity index is 819. The number of nitriles is 1. The number of nitrogens with two attached hydrogens (primary N) is 1. The third-order valence-electron chi connectivity index (χ3n) is 3.10. The minimum absolute atomic E-state index is 0.420. The number of benzene rings is 3. The van der Waals surface area contributed by atoms with E-state index in [-0.39, 0.29) is 0 Å². The summed E-state index contributed by atoms with van der Waals surface area (Å²) in [6.45, 7) is 0. The molecule has 3 heteroatoms. The monoisotopic (exact) mass is 260 g/mol. The van der Waals surface area contributed by atoms with E-state index in [1.165, 1.54) is 0 Å². The number of rotatable bonds is 2. The molecule has 0 aliphatic heterocycles. The summed E-state index contributed by atoms with van der Waals surface area (Å²) in [5.41, 5.74) is 6.57. The van der Waals surface area contributed by atoms with E-state index in [1.807, 2.05) is 42.5 Å². The van der Waals surface area contributed by atoms with Gasteiger partial charge >= 0.3 is 0 Å². The van der Waals surface area contributed by atoms with Crippen molar-refractivity contribution in [2.45, 2.75) is 0 Å². The highest BCUT2D eigenvalue weighted by molar-refractivity contribution is 5.83. The Kier molecular flexibility index (Phi) is 2.98. The second-order valence-electron chi connectivity index (χ2n) is 4.47. The van der Waals surface area contributed by atoms with Crippen LogP contribution in [0, 0.1) is 11.3 Å². The standard InChI is InChI=1S/C17H12N2O/c18-11-14-10-16(7-8-17(14)19)20-15-6-5-12-3-1-2-4-13(12)9-15/h1-10H,19H2. The van der Waals surface area contributed by atoms with Gasteiger partial charge in [-0.1, -0.05) is 30.3 Å². The summed E-state index contributed by atoms with van der Waals surface area (Å²) in [6, 6.07) is 21.1. The maximum Gasteiger partial charge on any atom is 0.128 e. The maximum atomic E-state index is 8.96. The molecule has 3 aromatic carbocycles. The number of hydrogen-bond donors (Lipinski definition) is 1.